The van der Waals surface area contributed by atoms with E-state index in [4.69, 9.17) is 0 Å². The molecule has 2 nitrogen and oxygen atoms in total. The summed E-state index contributed by atoms with van der Waals surface area (Å²) >= 11 is 0. The van der Waals surface area contributed by atoms with Crippen molar-refractivity contribution in [1.82, 2.24) is 4.90 Å². The summed E-state index contributed by atoms with van der Waals surface area (Å²) in [6.07, 6.45) is 6.39. The van der Waals surface area contributed by atoms with Crippen LogP contribution in [0.4, 0.5) is 0 Å². The van der Waals surface area contributed by atoms with Crippen molar-refractivity contribution in [2.45, 2.75) is 58.9 Å². The number of carbonyl (C=O) groups is 1. The van der Waals surface area contributed by atoms with Gasteiger partial charge in [0.15, 0.2) is 0 Å². The van der Waals surface area contributed by atoms with Crippen molar-refractivity contribution in [3.05, 3.63) is 0 Å². The number of rotatable bonds is 2. The fourth-order valence-electron chi connectivity index (χ4n) is 3.59. The van der Waals surface area contributed by atoms with Crippen molar-refractivity contribution in [1.29, 1.82) is 0 Å². The lowest BCUT2D eigenvalue weighted by atomic mass is 9.81. The molecule has 1 aliphatic carbocycles. The van der Waals surface area contributed by atoms with E-state index in [0.29, 0.717) is 11.8 Å². The van der Waals surface area contributed by atoms with Crippen LogP contribution in [0, 0.1) is 17.8 Å². The average molecular weight is 237 g/mol. The molecule has 1 saturated carbocycles. The van der Waals surface area contributed by atoms with Gasteiger partial charge in [0.05, 0.1) is 0 Å². The maximum Gasteiger partial charge on any atom is 0.138 e. The number of nitrogens with zero attached hydrogens (tertiary/aromatic N) is 1. The zero-order valence-corrected chi connectivity index (χ0v) is 11.6. The Labute approximate surface area is 106 Å². The zero-order chi connectivity index (χ0) is 12.4. The first-order chi connectivity index (χ1) is 8.08. The fourth-order valence-corrected chi connectivity index (χ4v) is 3.59. The van der Waals surface area contributed by atoms with E-state index < -0.39 is 0 Å². The van der Waals surface area contributed by atoms with Gasteiger partial charge in [-0.2, -0.15) is 0 Å². The summed E-state index contributed by atoms with van der Waals surface area (Å²) in [7, 11) is 0. The molecule has 0 radical (unpaired) electrons. The number of hydrogen-bond donors (Lipinski definition) is 0. The predicted molar refractivity (Wildman–Crippen MR) is 70.9 cm³/mol. The van der Waals surface area contributed by atoms with Gasteiger partial charge in [0.2, 0.25) is 0 Å². The standard InChI is InChI=1S/C15H27NO/c1-11-5-4-6-14(9-11)10-16-8-7-15(17)12(2)13(16)3/h11-14H,4-10H2,1-3H3. The van der Waals surface area contributed by atoms with Gasteiger partial charge in [-0.05, 0) is 31.6 Å². The number of likely N-dealkylation sites (tertiary alicyclic amines) is 1. The molecule has 0 spiro atoms. The summed E-state index contributed by atoms with van der Waals surface area (Å²) in [5.41, 5.74) is 0. The summed E-state index contributed by atoms with van der Waals surface area (Å²) in [5, 5.41) is 0. The number of ketones is 1. The first-order valence-electron chi connectivity index (χ1n) is 7.34. The van der Waals surface area contributed by atoms with Crippen molar-refractivity contribution >= 4 is 5.78 Å². The van der Waals surface area contributed by atoms with Crippen LogP contribution in [-0.2, 0) is 4.79 Å². The van der Waals surface area contributed by atoms with Gasteiger partial charge in [0.25, 0.3) is 0 Å². The lowest BCUT2D eigenvalue weighted by Gasteiger charge is -2.40. The summed E-state index contributed by atoms with van der Waals surface area (Å²) in [6.45, 7) is 8.94. The lowest BCUT2D eigenvalue weighted by Crippen LogP contribution is -2.48. The molecule has 17 heavy (non-hydrogen) atoms. The van der Waals surface area contributed by atoms with E-state index in [-0.39, 0.29) is 5.92 Å². The molecule has 1 aliphatic heterocycles. The first-order valence-corrected chi connectivity index (χ1v) is 7.34. The van der Waals surface area contributed by atoms with Crippen LogP contribution in [0.2, 0.25) is 0 Å². The predicted octanol–water partition coefficient (Wildman–Crippen LogP) is 3.11. The van der Waals surface area contributed by atoms with E-state index in [1.54, 1.807) is 0 Å². The number of carbonyl (C=O) groups excluding carboxylic acids is 1. The van der Waals surface area contributed by atoms with E-state index in [2.05, 4.69) is 25.7 Å². The molecule has 98 valence electrons. The van der Waals surface area contributed by atoms with Crippen LogP contribution in [-0.4, -0.2) is 29.8 Å². The molecule has 0 N–H and O–H groups in total. The molecule has 1 saturated heterocycles. The Kier molecular flexibility index (Phi) is 4.24. The third kappa shape index (κ3) is 3.09. The van der Waals surface area contributed by atoms with Gasteiger partial charge in [-0.3, -0.25) is 9.69 Å². The van der Waals surface area contributed by atoms with Gasteiger partial charge in [0.1, 0.15) is 5.78 Å². The quantitative estimate of drug-likeness (QED) is 0.735. The molecule has 2 rings (SSSR count). The molecule has 0 aromatic carbocycles. The highest BCUT2D eigenvalue weighted by atomic mass is 16.1. The maximum atomic E-state index is 11.7. The van der Waals surface area contributed by atoms with Crippen LogP contribution in [0.1, 0.15) is 52.9 Å². The lowest BCUT2D eigenvalue weighted by molar-refractivity contribution is -0.128. The second kappa shape index (κ2) is 5.51. The molecule has 2 aliphatic rings. The van der Waals surface area contributed by atoms with Gasteiger partial charge in [-0.1, -0.05) is 26.7 Å². The van der Waals surface area contributed by atoms with Crippen molar-refractivity contribution in [3.63, 3.8) is 0 Å². The molecule has 4 atom stereocenters. The third-order valence-corrected chi connectivity index (χ3v) is 4.99. The number of piperidine rings is 1. The van der Waals surface area contributed by atoms with Gasteiger partial charge < -0.3 is 0 Å². The Morgan fingerprint density at radius 3 is 2.71 bits per heavy atom. The second-order valence-corrected chi connectivity index (χ2v) is 6.38. The topological polar surface area (TPSA) is 20.3 Å². The zero-order valence-electron chi connectivity index (χ0n) is 11.6. The average Bonchev–Trinajstić information content (AvgIpc) is 2.30. The van der Waals surface area contributed by atoms with E-state index in [9.17, 15) is 4.79 Å². The van der Waals surface area contributed by atoms with Crippen LogP contribution >= 0.6 is 0 Å². The Bertz CT molecular complexity index is 276. The van der Waals surface area contributed by atoms with Gasteiger partial charge in [-0.25, -0.2) is 0 Å². The van der Waals surface area contributed by atoms with E-state index in [1.165, 1.54) is 32.2 Å². The molecule has 0 aromatic heterocycles. The van der Waals surface area contributed by atoms with Gasteiger partial charge in [0, 0.05) is 31.5 Å². The maximum absolute atomic E-state index is 11.7. The molecular weight excluding hydrogens is 210 g/mol. The molecular formula is C15H27NO. The van der Waals surface area contributed by atoms with Crippen LogP contribution in [0.15, 0.2) is 0 Å². The van der Waals surface area contributed by atoms with Crippen molar-refractivity contribution in [2.75, 3.05) is 13.1 Å². The van der Waals surface area contributed by atoms with Gasteiger partial charge >= 0.3 is 0 Å². The highest BCUT2D eigenvalue weighted by Gasteiger charge is 2.32. The number of hydrogen-bond acceptors (Lipinski definition) is 2. The van der Waals surface area contributed by atoms with Crippen molar-refractivity contribution < 1.29 is 4.79 Å². The molecule has 2 heteroatoms. The minimum Gasteiger partial charge on any atom is -0.299 e. The molecule has 0 aromatic rings. The normalized spacial score (nSPS) is 40.5. The smallest absolute Gasteiger partial charge is 0.138 e. The van der Waals surface area contributed by atoms with Crippen LogP contribution < -0.4 is 0 Å². The Hall–Kier alpha value is -0.370. The van der Waals surface area contributed by atoms with Crippen molar-refractivity contribution in [2.24, 2.45) is 17.8 Å². The molecule has 2 fully saturated rings. The van der Waals surface area contributed by atoms with E-state index in [0.717, 1.165) is 24.8 Å². The Balaban J connectivity index is 1.88. The highest BCUT2D eigenvalue weighted by Crippen LogP contribution is 2.31. The summed E-state index contributed by atoms with van der Waals surface area (Å²) in [6, 6.07) is 0.452. The van der Waals surface area contributed by atoms with Crippen LogP contribution in [0.5, 0.6) is 0 Å². The minimum atomic E-state index is 0.241. The third-order valence-electron chi connectivity index (χ3n) is 4.99. The first kappa shape index (κ1) is 13.1. The van der Waals surface area contributed by atoms with E-state index >= 15 is 0 Å². The Morgan fingerprint density at radius 2 is 2.00 bits per heavy atom. The SMILES string of the molecule is CC1CCCC(CN2CCC(=O)C(C)C2C)C1. The molecule has 0 amide bonds. The van der Waals surface area contributed by atoms with Crippen LogP contribution in [0.3, 0.4) is 0 Å². The van der Waals surface area contributed by atoms with E-state index in [1.807, 2.05) is 0 Å². The Morgan fingerprint density at radius 1 is 1.24 bits per heavy atom. The van der Waals surface area contributed by atoms with Crippen molar-refractivity contribution in [3.8, 4) is 0 Å². The number of Topliss-reactive ketones (excluding diaryl/α,β-unsaturated/α-hetero) is 1. The fraction of sp³-hybridized carbons (Fsp3) is 0.933. The molecule has 4 unspecified atom stereocenters. The molecule has 0 bridgehead atoms. The largest absolute Gasteiger partial charge is 0.299 e. The minimum absolute atomic E-state index is 0.241. The van der Waals surface area contributed by atoms with Gasteiger partial charge in [-0.15, -0.1) is 0 Å². The monoisotopic (exact) mass is 237 g/mol. The highest BCUT2D eigenvalue weighted by molar-refractivity contribution is 5.82. The second-order valence-electron chi connectivity index (χ2n) is 6.38. The summed E-state index contributed by atoms with van der Waals surface area (Å²) in [4.78, 5) is 14.2. The van der Waals surface area contributed by atoms with Crippen LogP contribution in [0.25, 0.3) is 0 Å². The summed E-state index contributed by atoms with van der Waals surface area (Å²) < 4.78 is 0. The molecule has 1 heterocycles. The summed E-state index contributed by atoms with van der Waals surface area (Å²) in [5.74, 6) is 2.49.